The molecule has 0 heterocycles. The van der Waals surface area contributed by atoms with Crippen LogP contribution in [-0.4, -0.2) is 49.9 Å². The molecule has 0 aromatic heterocycles. The van der Waals surface area contributed by atoms with Gasteiger partial charge in [0.15, 0.2) is 0 Å². The van der Waals surface area contributed by atoms with Crippen molar-refractivity contribution in [1.29, 1.82) is 0 Å². The summed E-state index contributed by atoms with van der Waals surface area (Å²) < 4.78 is 23.0. The van der Waals surface area contributed by atoms with Crippen LogP contribution in [0.1, 0.15) is 46.0 Å². The molecule has 136 valence electrons. The predicted octanol–water partition coefficient (Wildman–Crippen LogP) is 1.84. The zero-order valence-electron chi connectivity index (χ0n) is 14.4. The lowest BCUT2D eigenvalue weighted by atomic mass is 9.65. The van der Waals surface area contributed by atoms with E-state index in [0.717, 1.165) is 25.7 Å². The number of nitrogens with two attached hydrogens (primary N) is 1. The van der Waals surface area contributed by atoms with E-state index in [-0.39, 0.29) is 42.1 Å². The lowest BCUT2D eigenvalue weighted by Gasteiger charge is -2.45. The molecule has 0 aromatic rings. The number of sulfone groups is 1. The van der Waals surface area contributed by atoms with Gasteiger partial charge in [0, 0.05) is 30.8 Å². The minimum absolute atomic E-state index is 0. The van der Waals surface area contributed by atoms with E-state index in [1.54, 1.807) is 4.90 Å². The maximum absolute atomic E-state index is 12.9. The van der Waals surface area contributed by atoms with E-state index < -0.39 is 9.84 Å². The molecule has 23 heavy (non-hydrogen) atoms. The summed E-state index contributed by atoms with van der Waals surface area (Å²) in [6.45, 7) is 4.32. The van der Waals surface area contributed by atoms with E-state index >= 15 is 0 Å². The van der Waals surface area contributed by atoms with Gasteiger partial charge in [-0.2, -0.15) is 0 Å². The molecule has 3 unspecified atom stereocenters. The Balaban J connectivity index is 0.00000264. The summed E-state index contributed by atoms with van der Waals surface area (Å²) in [6, 6.07) is -0.00994. The Labute approximate surface area is 146 Å². The highest BCUT2D eigenvalue weighted by Gasteiger charge is 2.42. The highest BCUT2D eigenvalue weighted by Crippen LogP contribution is 2.42. The molecule has 2 rings (SSSR count). The first-order valence-corrected chi connectivity index (χ1v) is 10.5. The van der Waals surface area contributed by atoms with E-state index in [0.29, 0.717) is 18.4 Å². The Morgan fingerprint density at radius 3 is 2.22 bits per heavy atom. The number of rotatable bonds is 5. The van der Waals surface area contributed by atoms with Gasteiger partial charge in [-0.15, -0.1) is 12.4 Å². The lowest BCUT2D eigenvalue weighted by molar-refractivity contribution is -0.140. The maximum atomic E-state index is 12.9. The number of carbonyl (C=O) groups is 1. The van der Waals surface area contributed by atoms with Gasteiger partial charge in [-0.1, -0.05) is 6.42 Å². The van der Waals surface area contributed by atoms with Gasteiger partial charge in [0.1, 0.15) is 9.84 Å². The maximum Gasteiger partial charge on any atom is 0.225 e. The fourth-order valence-corrected chi connectivity index (χ4v) is 5.49. The topological polar surface area (TPSA) is 80.5 Å². The van der Waals surface area contributed by atoms with Crippen molar-refractivity contribution in [1.82, 2.24) is 4.90 Å². The van der Waals surface area contributed by atoms with Gasteiger partial charge in [-0.25, -0.2) is 8.42 Å². The average Bonchev–Trinajstić information content (AvgIpc) is 2.36. The predicted molar refractivity (Wildman–Crippen MR) is 95.3 cm³/mol. The SMILES string of the molecule is CCN(C(=O)C1CC2CCCC(C1)C2N)C(C)CS(C)(=O)=O.Cl. The summed E-state index contributed by atoms with van der Waals surface area (Å²) in [5, 5.41) is 0. The van der Waals surface area contributed by atoms with Crippen LogP contribution in [0.25, 0.3) is 0 Å². The molecule has 2 aliphatic rings. The monoisotopic (exact) mass is 366 g/mol. The first-order chi connectivity index (χ1) is 10.2. The van der Waals surface area contributed by atoms with Gasteiger partial charge in [0.2, 0.25) is 5.91 Å². The number of nitrogens with zero attached hydrogens (tertiary/aromatic N) is 1. The molecule has 5 nitrogen and oxygen atoms in total. The molecular weight excluding hydrogens is 336 g/mol. The molecular formula is C16H31ClN2O3S. The van der Waals surface area contributed by atoms with Crippen molar-refractivity contribution in [3.05, 3.63) is 0 Å². The first-order valence-electron chi connectivity index (χ1n) is 8.46. The van der Waals surface area contributed by atoms with Crippen LogP contribution >= 0.6 is 12.4 Å². The Morgan fingerprint density at radius 2 is 1.78 bits per heavy atom. The van der Waals surface area contributed by atoms with Crippen LogP contribution in [0.5, 0.6) is 0 Å². The molecule has 0 saturated heterocycles. The van der Waals surface area contributed by atoms with E-state index in [4.69, 9.17) is 5.73 Å². The lowest BCUT2D eigenvalue weighted by Crippen LogP contribution is -2.51. The molecule has 0 aliphatic heterocycles. The van der Waals surface area contributed by atoms with Crippen molar-refractivity contribution >= 4 is 28.2 Å². The molecule has 1 amide bonds. The molecule has 0 radical (unpaired) electrons. The molecule has 2 fully saturated rings. The minimum Gasteiger partial charge on any atom is -0.339 e. The molecule has 0 spiro atoms. The normalized spacial score (nSPS) is 31.8. The van der Waals surface area contributed by atoms with E-state index in [2.05, 4.69) is 0 Å². The van der Waals surface area contributed by atoms with Crippen molar-refractivity contribution in [3.63, 3.8) is 0 Å². The second kappa shape index (κ2) is 8.17. The molecule has 7 heteroatoms. The third-order valence-corrected chi connectivity index (χ3v) is 6.55. The van der Waals surface area contributed by atoms with Crippen LogP contribution in [0.3, 0.4) is 0 Å². The number of hydrogen-bond donors (Lipinski definition) is 1. The van der Waals surface area contributed by atoms with Crippen LogP contribution in [-0.2, 0) is 14.6 Å². The van der Waals surface area contributed by atoms with Crippen molar-refractivity contribution in [3.8, 4) is 0 Å². The summed E-state index contributed by atoms with van der Waals surface area (Å²) in [6.07, 6.45) is 6.47. The Bertz CT molecular complexity index is 497. The van der Waals surface area contributed by atoms with Crippen LogP contribution in [0, 0.1) is 17.8 Å². The summed E-state index contributed by atoms with van der Waals surface area (Å²) >= 11 is 0. The molecule has 0 aromatic carbocycles. The number of carbonyl (C=O) groups excluding carboxylic acids is 1. The molecule has 2 saturated carbocycles. The number of halogens is 1. The Kier molecular flexibility index (Phi) is 7.36. The van der Waals surface area contributed by atoms with Crippen molar-refractivity contribution in [2.75, 3.05) is 18.6 Å². The van der Waals surface area contributed by atoms with Gasteiger partial charge >= 0.3 is 0 Å². The van der Waals surface area contributed by atoms with Crippen LogP contribution in [0.15, 0.2) is 0 Å². The van der Waals surface area contributed by atoms with E-state index in [9.17, 15) is 13.2 Å². The Hall–Kier alpha value is -0.330. The van der Waals surface area contributed by atoms with Gasteiger partial charge < -0.3 is 10.6 Å². The van der Waals surface area contributed by atoms with Crippen LogP contribution in [0.4, 0.5) is 0 Å². The highest BCUT2D eigenvalue weighted by molar-refractivity contribution is 7.90. The van der Waals surface area contributed by atoms with Crippen molar-refractivity contribution < 1.29 is 13.2 Å². The third-order valence-electron chi connectivity index (χ3n) is 5.46. The quantitative estimate of drug-likeness (QED) is 0.805. The smallest absolute Gasteiger partial charge is 0.225 e. The Morgan fingerprint density at radius 1 is 1.26 bits per heavy atom. The van der Waals surface area contributed by atoms with E-state index in [1.165, 1.54) is 12.7 Å². The highest BCUT2D eigenvalue weighted by atomic mass is 35.5. The average molecular weight is 367 g/mol. The van der Waals surface area contributed by atoms with Gasteiger partial charge in [0.25, 0.3) is 0 Å². The number of amides is 1. The molecule has 2 aliphatic carbocycles. The fourth-order valence-electron chi connectivity index (χ4n) is 4.44. The largest absolute Gasteiger partial charge is 0.339 e. The minimum atomic E-state index is -3.08. The summed E-state index contributed by atoms with van der Waals surface area (Å²) in [5.41, 5.74) is 6.29. The molecule has 2 bridgehead atoms. The van der Waals surface area contributed by atoms with Gasteiger partial charge in [0.05, 0.1) is 5.75 Å². The zero-order chi connectivity index (χ0) is 16.5. The zero-order valence-corrected chi connectivity index (χ0v) is 16.0. The van der Waals surface area contributed by atoms with Crippen LogP contribution in [0.2, 0.25) is 0 Å². The first kappa shape index (κ1) is 20.7. The number of fused-ring (bicyclic) bond motifs is 2. The summed E-state index contributed by atoms with van der Waals surface area (Å²) in [4.78, 5) is 14.6. The summed E-state index contributed by atoms with van der Waals surface area (Å²) in [5.74, 6) is 1.11. The standard InChI is InChI=1S/C16H30N2O3S.ClH/c1-4-18(11(2)10-22(3,20)21)16(19)14-8-12-6-5-7-13(9-14)15(12)17;/h11-15H,4-10,17H2,1-3H3;1H. The van der Waals surface area contributed by atoms with Crippen LogP contribution < -0.4 is 5.73 Å². The fraction of sp³-hybridized carbons (Fsp3) is 0.938. The van der Waals surface area contributed by atoms with Gasteiger partial charge in [-0.05, 0) is 51.4 Å². The number of hydrogen-bond acceptors (Lipinski definition) is 4. The second-order valence-corrected chi connectivity index (χ2v) is 9.45. The van der Waals surface area contributed by atoms with Crippen molar-refractivity contribution in [2.45, 2.75) is 58.0 Å². The summed E-state index contributed by atoms with van der Waals surface area (Å²) in [7, 11) is -3.08. The molecule has 3 atom stereocenters. The van der Waals surface area contributed by atoms with E-state index in [1.807, 2.05) is 13.8 Å². The second-order valence-electron chi connectivity index (χ2n) is 7.26. The third kappa shape index (κ3) is 5.07. The molecule has 2 N–H and O–H groups in total. The van der Waals surface area contributed by atoms with Gasteiger partial charge in [-0.3, -0.25) is 4.79 Å². The van der Waals surface area contributed by atoms with Crippen molar-refractivity contribution in [2.24, 2.45) is 23.5 Å².